The van der Waals surface area contributed by atoms with E-state index in [2.05, 4.69) is 0 Å². The van der Waals surface area contributed by atoms with E-state index in [4.69, 9.17) is 5.73 Å². The maximum absolute atomic E-state index is 10.6. The summed E-state index contributed by atoms with van der Waals surface area (Å²) in [7, 11) is 0. The quantitative estimate of drug-likeness (QED) is 0.698. The average Bonchev–Trinajstić information content (AvgIpc) is 2.20. The van der Waals surface area contributed by atoms with Crippen molar-refractivity contribution < 1.29 is 15.0 Å². The highest BCUT2D eigenvalue weighted by atomic mass is 16.3. The van der Waals surface area contributed by atoms with Gasteiger partial charge in [0.25, 0.3) is 0 Å². The normalized spacial score (nSPS) is 14.5. The van der Waals surface area contributed by atoms with E-state index in [1.54, 1.807) is 12.1 Å². The molecule has 0 saturated heterocycles. The van der Waals surface area contributed by atoms with Gasteiger partial charge in [-0.15, -0.1) is 0 Å². The first-order valence-electron chi connectivity index (χ1n) is 5.14. The van der Waals surface area contributed by atoms with E-state index in [0.717, 1.165) is 11.1 Å². The van der Waals surface area contributed by atoms with E-state index >= 15 is 0 Å². The molecule has 0 fully saturated rings. The molecule has 1 amide bonds. The third-order valence-electron chi connectivity index (χ3n) is 2.74. The van der Waals surface area contributed by atoms with Crippen LogP contribution in [0, 0.1) is 13.8 Å². The lowest BCUT2D eigenvalue weighted by Crippen LogP contribution is -2.26. The van der Waals surface area contributed by atoms with Gasteiger partial charge in [-0.3, -0.25) is 4.79 Å². The van der Waals surface area contributed by atoms with Gasteiger partial charge in [0, 0.05) is 0 Å². The Morgan fingerprint density at radius 3 is 2.56 bits per heavy atom. The van der Waals surface area contributed by atoms with Gasteiger partial charge in [-0.1, -0.05) is 18.2 Å². The SMILES string of the molecule is Cc1cccc(C(O)C(O)CC(N)=O)c1C. The molecule has 0 aliphatic rings. The molecule has 4 heteroatoms. The summed E-state index contributed by atoms with van der Waals surface area (Å²) >= 11 is 0. The lowest BCUT2D eigenvalue weighted by atomic mass is 9.95. The number of carbonyl (C=O) groups excluding carboxylic acids is 1. The highest BCUT2D eigenvalue weighted by Crippen LogP contribution is 2.24. The van der Waals surface area contributed by atoms with Gasteiger partial charge in [0.1, 0.15) is 6.10 Å². The van der Waals surface area contributed by atoms with Crippen LogP contribution >= 0.6 is 0 Å². The molecule has 16 heavy (non-hydrogen) atoms. The third-order valence-corrected chi connectivity index (χ3v) is 2.74. The summed E-state index contributed by atoms with van der Waals surface area (Å²) in [5.74, 6) is -0.628. The average molecular weight is 223 g/mol. The number of aliphatic hydroxyl groups is 2. The summed E-state index contributed by atoms with van der Waals surface area (Å²) in [5.41, 5.74) is 7.55. The zero-order chi connectivity index (χ0) is 12.3. The highest BCUT2D eigenvalue weighted by molar-refractivity contribution is 5.74. The fourth-order valence-electron chi connectivity index (χ4n) is 1.62. The summed E-state index contributed by atoms with van der Waals surface area (Å²) in [5, 5.41) is 19.5. The van der Waals surface area contributed by atoms with Crippen LogP contribution in [0.2, 0.25) is 0 Å². The van der Waals surface area contributed by atoms with Gasteiger partial charge < -0.3 is 15.9 Å². The van der Waals surface area contributed by atoms with Gasteiger partial charge in [0.15, 0.2) is 0 Å². The van der Waals surface area contributed by atoms with E-state index in [9.17, 15) is 15.0 Å². The Labute approximate surface area is 94.7 Å². The number of benzene rings is 1. The lowest BCUT2D eigenvalue weighted by molar-refractivity contribution is -0.121. The fraction of sp³-hybridized carbons (Fsp3) is 0.417. The van der Waals surface area contributed by atoms with Gasteiger partial charge in [-0.25, -0.2) is 0 Å². The number of primary amides is 1. The van der Waals surface area contributed by atoms with Gasteiger partial charge in [-0.05, 0) is 30.5 Å². The Bertz CT molecular complexity index is 390. The van der Waals surface area contributed by atoms with Crippen molar-refractivity contribution in [3.05, 3.63) is 34.9 Å². The van der Waals surface area contributed by atoms with Crippen molar-refractivity contribution in [2.45, 2.75) is 32.5 Å². The molecule has 0 aliphatic carbocycles. The van der Waals surface area contributed by atoms with E-state index in [1.165, 1.54) is 0 Å². The number of amides is 1. The number of hydrogen-bond acceptors (Lipinski definition) is 3. The van der Waals surface area contributed by atoms with Crippen molar-refractivity contribution >= 4 is 5.91 Å². The Morgan fingerprint density at radius 2 is 2.00 bits per heavy atom. The Morgan fingerprint density at radius 1 is 1.38 bits per heavy atom. The summed E-state index contributed by atoms with van der Waals surface area (Å²) in [4.78, 5) is 10.6. The topological polar surface area (TPSA) is 83.6 Å². The van der Waals surface area contributed by atoms with Crippen molar-refractivity contribution in [2.24, 2.45) is 5.73 Å². The molecule has 0 radical (unpaired) electrons. The van der Waals surface area contributed by atoms with Crippen molar-refractivity contribution in [3.8, 4) is 0 Å². The van der Waals surface area contributed by atoms with Crippen LogP contribution in [0.1, 0.15) is 29.2 Å². The number of aliphatic hydroxyl groups excluding tert-OH is 2. The second-order valence-electron chi connectivity index (χ2n) is 3.97. The van der Waals surface area contributed by atoms with Crippen LogP contribution in [0.25, 0.3) is 0 Å². The second kappa shape index (κ2) is 5.09. The third kappa shape index (κ3) is 2.81. The standard InChI is InChI=1S/C12H17NO3/c1-7-4-3-5-9(8(7)2)12(16)10(14)6-11(13)15/h3-5,10,12,14,16H,6H2,1-2H3,(H2,13,15). The van der Waals surface area contributed by atoms with Gasteiger partial charge in [0.05, 0.1) is 12.5 Å². The number of rotatable bonds is 4. The van der Waals surface area contributed by atoms with Crippen molar-refractivity contribution in [3.63, 3.8) is 0 Å². The van der Waals surface area contributed by atoms with Crippen LogP contribution in [0.4, 0.5) is 0 Å². The zero-order valence-corrected chi connectivity index (χ0v) is 9.47. The van der Waals surface area contributed by atoms with Crippen LogP contribution in [0.3, 0.4) is 0 Å². The first kappa shape index (κ1) is 12.7. The minimum atomic E-state index is -1.15. The van der Waals surface area contributed by atoms with Crippen LogP contribution in [-0.2, 0) is 4.79 Å². The second-order valence-corrected chi connectivity index (χ2v) is 3.97. The molecule has 4 nitrogen and oxygen atoms in total. The molecule has 0 heterocycles. The summed E-state index contributed by atoms with van der Waals surface area (Å²) in [6.45, 7) is 3.79. The zero-order valence-electron chi connectivity index (χ0n) is 9.47. The number of nitrogens with two attached hydrogens (primary N) is 1. The van der Waals surface area contributed by atoms with Crippen LogP contribution in [0.15, 0.2) is 18.2 Å². The van der Waals surface area contributed by atoms with E-state index < -0.39 is 18.1 Å². The molecule has 1 aromatic rings. The highest BCUT2D eigenvalue weighted by Gasteiger charge is 2.21. The minimum Gasteiger partial charge on any atom is -0.390 e. The molecule has 0 aromatic heterocycles. The molecule has 4 N–H and O–H groups in total. The van der Waals surface area contributed by atoms with Gasteiger partial charge in [0.2, 0.25) is 5.91 Å². The lowest BCUT2D eigenvalue weighted by Gasteiger charge is -2.19. The predicted octanol–water partition coefficient (Wildman–Crippen LogP) is 0.573. The number of carbonyl (C=O) groups is 1. The van der Waals surface area contributed by atoms with E-state index in [1.807, 2.05) is 19.9 Å². The number of aryl methyl sites for hydroxylation is 1. The van der Waals surface area contributed by atoms with Crippen molar-refractivity contribution in [1.82, 2.24) is 0 Å². The minimum absolute atomic E-state index is 0.242. The molecule has 0 spiro atoms. The molecule has 0 aliphatic heterocycles. The van der Waals surface area contributed by atoms with Gasteiger partial charge in [-0.2, -0.15) is 0 Å². The van der Waals surface area contributed by atoms with E-state index in [-0.39, 0.29) is 6.42 Å². The molecule has 0 bridgehead atoms. The fourth-order valence-corrected chi connectivity index (χ4v) is 1.62. The Hall–Kier alpha value is -1.39. The van der Waals surface area contributed by atoms with Crippen LogP contribution in [0.5, 0.6) is 0 Å². The van der Waals surface area contributed by atoms with E-state index in [0.29, 0.717) is 5.56 Å². The first-order valence-corrected chi connectivity index (χ1v) is 5.14. The maximum Gasteiger partial charge on any atom is 0.220 e. The Kier molecular flexibility index (Phi) is 4.04. The smallest absolute Gasteiger partial charge is 0.220 e. The Balaban J connectivity index is 2.91. The van der Waals surface area contributed by atoms with Crippen molar-refractivity contribution in [1.29, 1.82) is 0 Å². The number of hydrogen-bond donors (Lipinski definition) is 3. The largest absolute Gasteiger partial charge is 0.390 e. The molecule has 2 atom stereocenters. The first-order chi connectivity index (χ1) is 7.43. The van der Waals surface area contributed by atoms with Crippen molar-refractivity contribution in [2.75, 3.05) is 0 Å². The molecule has 0 saturated carbocycles. The maximum atomic E-state index is 10.6. The summed E-state index contributed by atoms with van der Waals surface area (Å²) in [6, 6.07) is 5.46. The molecular formula is C12H17NO3. The molecular weight excluding hydrogens is 206 g/mol. The molecule has 1 aromatic carbocycles. The van der Waals surface area contributed by atoms with Crippen LogP contribution < -0.4 is 5.73 Å². The summed E-state index contributed by atoms with van der Waals surface area (Å²) < 4.78 is 0. The molecule has 88 valence electrons. The summed E-state index contributed by atoms with van der Waals surface area (Å²) in [6.07, 6.45) is -2.47. The van der Waals surface area contributed by atoms with Gasteiger partial charge >= 0.3 is 0 Å². The predicted molar refractivity (Wildman–Crippen MR) is 60.7 cm³/mol. The van der Waals surface area contributed by atoms with Crippen LogP contribution in [-0.4, -0.2) is 22.2 Å². The monoisotopic (exact) mass is 223 g/mol. The molecule has 1 rings (SSSR count). The molecule has 2 unspecified atom stereocenters.